The third kappa shape index (κ3) is 13.6. The van der Waals surface area contributed by atoms with Crippen LogP contribution in [0.15, 0.2) is 29.3 Å². The van der Waals surface area contributed by atoms with Gasteiger partial charge in [0.1, 0.15) is 12.4 Å². The summed E-state index contributed by atoms with van der Waals surface area (Å²) in [7, 11) is 0. The second kappa shape index (κ2) is 16.4. The number of carbonyl (C=O) groups is 1. The van der Waals surface area contributed by atoms with E-state index in [1.807, 2.05) is 25.1 Å². The maximum absolute atomic E-state index is 11.1. The third-order valence-electron chi connectivity index (χ3n) is 3.33. The van der Waals surface area contributed by atoms with Crippen molar-refractivity contribution in [3.05, 3.63) is 24.3 Å². The number of hydrogen-bond donors (Lipinski definition) is 3. The number of nitrogens with one attached hydrogen (secondary N) is 3. The molecule has 0 unspecified atom stereocenters. The maximum Gasteiger partial charge on any atom is 0.221 e. The molecule has 0 spiro atoms. The van der Waals surface area contributed by atoms with Gasteiger partial charge < -0.3 is 25.4 Å². The summed E-state index contributed by atoms with van der Waals surface area (Å²) in [6, 6.07) is 7.34. The zero-order chi connectivity index (χ0) is 19.9. The smallest absolute Gasteiger partial charge is 0.221 e. The first-order valence-corrected chi connectivity index (χ1v) is 9.61. The molecule has 0 aromatic heterocycles. The Bertz CT molecular complexity index is 582. The third-order valence-corrected chi connectivity index (χ3v) is 3.33. The number of nitrogens with zero attached hydrogens (tertiary/aromatic N) is 1. The summed E-state index contributed by atoms with van der Waals surface area (Å²) in [5, 5.41) is 9.21. The van der Waals surface area contributed by atoms with Crippen molar-refractivity contribution >= 4 is 41.5 Å². The minimum absolute atomic E-state index is 0. The quantitative estimate of drug-likeness (QED) is 0.176. The van der Waals surface area contributed by atoms with E-state index in [2.05, 4.69) is 34.8 Å². The molecule has 160 valence electrons. The molecule has 0 bridgehead atoms. The summed E-state index contributed by atoms with van der Waals surface area (Å²) >= 11 is 0. The Kier molecular flexibility index (Phi) is 15.5. The van der Waals surface area contributed by atoms with Crippen molar-refractivity contribution in [1.29, 1.82) is 0 Å². The molecule has 7 nitrogen and oxygen atoms in total. The summed E-state index contributed by atoms with van der Waals surface area (Å²) in [5.41, 5.74) is 0.725. The Morgan fingerprint density at radius 3 is 2.68 bits per heavy atom. The molecule has 0 aliphatic carbocycles. The van der Waals surface area contributed by atoms with Gasteiger partial charge >= 0.3 is 0 Å². The number of ether oxygens (including phenoxy) is 2. The van der Waals surface area contributed by atoms with Gasteiger partial charge in [0.15, 0.2) is 5.96 Å². The molecule has 0 atom stereocenters. The number of carbonyl (C=O) groups excluding carboxylic acids is 1. The fourth-order valence-corrected chi connectivity index (χ4v) is 2.22. The molecule has 28 heavy (non-hydrogen) atoms. The van der Waals surface area contributed by atoms with Crippen LogP contribution in [0.4, 0.5) is 5.69 Å². The van der Waals surface area contributed by atoms with Crippen molar-refractivity contribution in [1.82, 2.24) is 10.6 Å². The Morgan fingerprint density at radius 1 is 1.21 bits per heavy atom. The van der Waals surface area contributed by atoms with Gasteiger partial charge in [0.2, 0.25) is 5.91 Å². The lowest BCUT2D eigenvalue weighted by atomic mass is 10.2. The number of guanidine groups is 1. The Balaban J connectivity index is 0.00000729. The highest BCUT2D eigenvalue weighted by atomic mass is 127. The lowest BCUT2D eigenvalue weighted by molar-refractivity contribution is -0.114. The summed E-state index contributed by atoms with van der Waals surface area (Å²) in [5.74, 6) is 1.95. The predicted molar refractivity (Wildman–Crippen MR) is 126 cm³/mol. The van der Waals surface area contributed by atoms with E-state index >= 15 is 0 Å². The maximum atomic E-state index is 11.1. The molecule has 0 heterocycles. The van der Waals surface area contributed by atoms with Crippen molar-refractivity contribution in [3.63, 3.8) is 0 Å². The van der Waals surface area contributed by atoms with Crippen LogP contribution in [-0.4, -0.2) is 51.3 Å². The highest BCUT2D eigenvalue weighted by Crippen LogP contribution is 2.16. The molecule has 0 saturated heterocycles. The topological polar surface area (TPSA) is 84.0 Å². The highest BCUT2D eigenvalue weighted by molar-refractivity contribution is 14.0. The predicted octanol–water partition coefficient (Wildman–Crippen LogP) is 3.26. The number of hydrogen-bond acceptors (Lipinski definition) is 4. The normalized spacial score (nSPS) is 11.0. The molecule has 0 radical (unpaired) electrons. The molecule has 0 aliphatic rings. The van der Waals surface area contributed by atoms with Gasteiger partial charge in [-0.3, -0.25) is 9.79 Å². The molecule has 0 saturated carbocycles. The summed E-state index contributed by atoms with van der Waals surface area (Å²) in [6.45, 7) is 12.0. The van der Waals surface area contributed by atoms with Crippen LogP contribution in [0.3, 0.4) is 0 Å². The summed E-state index contributed by atoms with van der Waals surface area (Å²) in [4.78, 5) is 15.6. The van der Waals surface area contributed by atoms with Crippen LogP contribution in [0, 0.1) is 5.92 Å². The number of rotatable bonds is 12. The van der Waals surface area contributed by atoms with Crippen LogP contribution >= 0.6 is 24.0 Å². The van der Waals surface area contributed by atoms with Gasteiger partial charge in [-0.15, -0.1) is 24.0 Å². The minimum Gasteiger partial charge on any atom is -0.492 e. The van der Waals surface area contributed by atoms with E-state index < -0.39 is 0 Å². The van der Waals surface area contributed by atoms with Gasteiger partial charge in [-0.2, -0.15) is 0 Å². The van der Waals surface area contributed by atoms with Gasteiger partial charge in [-0.05, 0) is 31.4 Å². The number of anilines is 1. The van der Waals surface area contributed by atoms with Gasteiger partial charge in [0.25, 0.3) is 0 Å². The summed E-state index contributed by atoms with van der Waals surface area (Å²) in [6.07, 6.45) is 0.899. The van der Waals surface area contributed by atoms with Crippen LogP contribution in [0.5, 0.6) is 5.75 Å². The average molecular weight is 506 g/mol. The second-order valence-corrected chi connectivity index (χ2v) is 6.57. The second-order valence-electron chi connectivity index (χ2n) is 6.57. The first kappa shape index (κ1) is 26.4. The van der Waals surface area contributed by atoms with Crippen LogP contribution in [0.25, 0.3) is 0 Å². The Labute approximate surface area is 186 Å². The Hall–Kier alpha value is -1.55. The van der Waals surface area contributed by atoms with E-state index in [0.29, 0.717) is 31.4 Å². The summed E-state index contributed by atoms with van der Waals surface area (Å²) < 4.78 is 11.3. The van der Waals surface area contributed by atoms with Crippen molar-refractivity contribution in [2.75, 3.05) is 44.8 Å². The minimum atomic E-state index is -0.102. The van der Waals surface area contributed by atoms with Crippen molar-refractivity contribution in [3.8, 4) is 5.75 Å². The fraction of sp³-hybridized carbons (Fsp3) is 0.600. The van der Waals surface area contributed by atoms with Crippen LogP contribution in [-0.2, 0) is 9.53 Å². The van der Waals surface area contributed by atoms with E-state index in [0.717, 1.165) is 37.8 Å². The fourth-order valence-electron chi connectivity index (χ4n) is 2.22. The van der Waals surface area contributed by atoms with E-state index in [-0.39, 0.29) is 29.9 Å². The van der Waals surface area contributed by atoms with Gasteiger partial charge in [0, 0.05) is 45.0 Å². The van der Waals surface area contributed by atoms with Crippen LogP contribution in [0.2, 0.25) is 0 Å². The SMILES string of the molecule is CCNC(=NCCCOCC(C)C)NCCOc1cccc(NC(C)=O)c1.I. The molecule has 1 aromatic carbocycles. The molecule has 0 aliphatic heterocycles. The average Bonchev–Trinajstić information content (AvgIpc) is 2.61. The molecule has 3 N–H and O–H groups in total. The number of benzene rings is 1. The Morgan fingerprint density at radius 2 is 2.00 bits per heavy atom. The van der Waals surface area contributed by atoms with Gasteiger partial charge in [0.05, 0.1) is 6.54 Å². The molecule has 8 heteroatoms. The van der Waals surface area contributed by atoms with Crippen molar-refractivity contribution < 1.29 is 14.3 Å². The molecular formula is C20H35IN4O3. The van der Waals surface area contributed by atoms with E-state index in [4.69, 9.17) is 9.47 Å². The number of aliphatic imine (C=N–C) groups is 1. The molecule has 1 rings (SSSR count). The number of halogens is 1. The zero-order valence-corrected chi connectivity index (χ0v) is 19.7. The van der Waals surface area contributed by atoms with Crippen molar-refractivity contribution in [2.45, 2.75) is 34.1 Å². The monoisotopic (exact) mass is 506 g/mol. The van der Waals surface area contributed by atoms with E-state index in [1.165, 1.54) is 6.92 Å². The van der Waals surface area contributed by atoms with Crippen LogP contribution in [0.1, 0.15) is 34.1 Å². The van der Waals surface area contributed by atoms with Crippen LogP contribution < -0.4 is 20.7 Å². The lowest BCUT2D eigenvalue weighted by Crippen LogP contribution is -2.39. The molecule has 0 fully saturated rings. The first-order chi connectivity index (χ1) is 13.0. The highest BCUT2D eigenvalue weighted by Gasteiger charge is 2.00. The van der Waals surface area contributed by atoms with Gasteiger partial charge in [-0.25, -0.2) is 0 Å². The largest absolute Gasteiger partial charge is 0.492 e. The van der Waals surface area contributed by atoms with Gasteiger partial charge in [-0.1, -0.05) is 19.9 Å². The molecule has 1 aromatic rings. The van der Waals surface area contributed by atoms with Crippen molar-refractivity contribution in [2.24, 2.45) is 10.9 Å². The van der Waals surface area contributed by atoms with E-state index in [1.54, 1.807) is 6.07 Å². The number of amides is 1. The zero-order valence-electron chi connectivity index (χ0n) is 17.4. The lowest BCUT2D eigenvalue weighted by Gasteiger charge is -2.13. The molecular weight excluding hydrogens is 471 g/mol. The van der Waals surface area contributed by atoms with E-state index in [9.17, 15) is 4.79 Å². The standard InChI is InChI=1S/C20H34N4O3.HI/c1-5-21-20(22-10-7-12-26-15-16(2)3)23-11-13-27-19-9-6-8-18(14-19)24-17(4)25;/h6,8-9,14,16H,5,7,10-13,15H2,1-4H3,(H,24,25)(H2,21,22,23);1H. The molecule has 1 amide bonds. The first-order valence-electron chi connectivity index (χ1n) is 9.61.